The van der Waals surface area contributed by atoms with Crippen LogP contribution >= 0.6 is 0 Å². The molecule has 4 heteroatoms. The van der Waals surface area contributed by atoms with Crippen molar-refractivity contribution in [2.75, 3.05) is 0 Å². The molecule has 2 amide bonds. The van der Waals surface area contributed by atoms with Gasteiger partial charge in [-0.05, 0) is 37.5 Å². The van der Waals surface area contributed by atoms with Crippen LogP contribution in [0, 0.1) is 11.3 Å². The Bertz CT molecular complexity index is 496. The Balaban J connectivity index is 1.84. The van der Waals surface area contributed by atoms with E-state index in [2.05, 4.69) is 16.7 Å². The van der Waals surface area contributed by atoms with E-state index < -0.39 is 0 Å². The van der Waals surface area contributed by atoms with Crippen molar-refractivity contribution in [2.45, 2.75) is 57.5 Å². The highest BCUT2D eigenvalue weighted by atomic mass is 16.2. The standard InChI is InChI=1S/C17H23N3O/c1-13(15-10-8-14(12-18)9-11-15)19-17(21)20-16-6-4-2-3-5-7-16/h8-11,13,16H,2-7H2,1H3,(H2,19,20,21). The maximum Gasteiger partial charge on any atom is 0.315 e. The monoisotopic (exact) mass is 285 g/mol. The second-order valence-corrected chi connectivity index (χ2v) is 5.76. The predicted octanol–water partition coefficient (Wildman–Crippen LogP) is 3.64. The van der Waals surface area contributed by atoms with E-state index in [0.717, 1.165) is 18.4 Å². The topological polar surface area (TPSA) is 64.9 Å². The summed E-state index contributed by atoms with van der Waals surface area (Å²) < 4.78 is 0. The molecule has 1 aliphatic rings. The summed E-state index contributed by atoms with van der Waals surface area (Å²) in [4.78, 5) is 12.1. The van der Waals surface area contributed by atoms with E-state index in [1.807, 2.05) is 19.1 Å². The summed E-state index contributed by atoms with van der Waals surface area (Å²) in [5, 5.41) is 14.8. The van der Waals surface area contributed by atoms with Gasteiger partial charge in [0.1, 0.15) is 0 Å². The van der Waals surface area contributed by atoms with E-state index in [1.54, 1.807) is 12.1 Å². The molecule has 21 heavy (non-hydrogen) atoms. The Morgan fingerprint density at radius 1 is 1.19 bits per heavy atom. The Kier molecular flexibility index (Phi) is 5.62. The summed E-state index contributed by atoms with van der Waals surface area (Å²) in [5.41, 5.74) is 1.64. The lowest BCUT2D eigenvalue weighted by Gasteiger charge is -2.20. The second-order valence-electron chi connectivity index (χ2n) is 5.76. The smallest absolute Gasteiger partial charge is 0.315 e. The first-order valence-electron chi connectivity index (χ1n) is 7.76. The van der Waals surface area contributed by atoms with Crippen molar-refractivity contribution >= 4 is 6.03 Å². The minimum absolute atomic E-state index is 0.0662. The van der Waals surface area contributed by atoms with Gasteiger partial charge in [0.25, 0.3) is 0 Å². The molecule has 1 unspecified atom stereocenters. The van der Waals surface area contributed by atoms with Crippen molar-refractivity contribution in [2.24, 2.45) is 0 Å². The van der Waals surface area contributed by atoms with Crippen LogP contribution in [0.5, 0.6) is 0 Å². The number of carbonyl (C=O) groups is 1. The van der Waals surface area contributed by atoms with Gasteiger partial charge in [0.2, 0.25) is 0 Å². The van der Waals surface area contributed by atoms with Crippen LogP contribution in [0.15, 0.2) is 24.3 Å². The van der Waals surface area contributed by atoms with Gasteiger partial charge in [-0.1, -0.05) is 37.8 Å². The maximum atomic E-state index is 12.1. The first-order chi connectivity index (χ1) is 10.2. The highest BCUT2D eigenvalue weighted by molar-refractivity contribution is 5.74. The summed E-state index contributed by atoms with van der Waals surface area (Å²) in [6.07, 6.45) is 7.13. The van der Waals surface area contributed by atoms with Crippen LogP contribution in [-0.2, 0) is 0 Å². The Morgan fingerprint density at radius 3 is 2.38 bits per heavy atom. The normalized spacial score (nSPS) is 17.3. The molecule has 1 atom stereocenters. The average Bonchev–Trinajstić information content (AvgIpc) is 2.75. The lowest BCUT2D eigenvalue weighted by molar-refractivity contribution is 0.232. The molecule has 1 aliphatic carbocycles. The number of rotatable bonds is 3. The van der Waals surface area contributed by atoms with E-state index in [1.165, 1.54) is 25.7 Å². The van der Waals surface area contributed by atoms with Gasteiger partial charge >= 0.3 is 6.03 Å². The third-order valence-electron chi connectivity index (χ3n) is 4.08. The Morgan fingerprint density at radius 2 is 1.81 bits per heavy atom. The van der Waals surface area contributed by atoms with Crippen molar-refractivity contribution in [3.8, 4) is 6.07 Å². The fourth-order valence-electron chi connectivity index (χ4n) is 2.78. The van der Waals surface area contributed by atoms with E-state index in [-0.39, 0.29) is 12.1 Å². The fourth-order valence-corrected chi connectivity index (χ4v) is 2.78. The number of hydrogen-bond acceptors (Lipinski definition) is 2. The molecule has 0 radical (unpaired) electrons. The molecular formula is C17H23N3O. The molecule has 0 spiro atoms. The lowest BCUT2D eigenvalue weighted by atomic mass is 10.1. The van der Waals surface area contributed by atoms with Gasteiger partial charge in [0.15, 0.2) is 0 Å². The highest BCUT2D eigenvalue weighted by Gasteiger charge is 2.16. The van der Waals surface area contributed by atoms with Crippen LogP contribution < -0.4 is 10.6 Å². The van der Waals surface area contributed by atoms with Crippen molar-refractivity contribution in [3.63, 3.8) is 0 Å². The summed E-state index contributed by atoms with van der Waals surface area (Å²) in [6, 6.07) is 9.55. The molecule has 4 nitrogen and oxygen atoms in total. The summed E-state index contributed by atoms with van der Waals surface area (Å²) in [5.74, 6) is 0. The summed E-state index contributed by atoms with van der Waals surface area (Å²) in [6.45, 7) is 1.95. The van der Waals surface area contributed by atoms with Gasteiger partial charge in [-0.2, -0.15) is 5.26 Å². The molecule has 1 aromatic rings. The van der Waals surface area contributed by atoms with Crippen molar-refractivity contribution < 1.29 is 4.79 Å². The number of nitrogens with one attached hydrogen (secondary N) is 2. The third kappa shape index (κ3) is 4.78. The quantitative estimate of drug-likeness (QED) is 0.833. The van der Waals surface area contributed by atoms with Gasteiger partial charge in [0.05, 0.1) is 17.7 Å². The number of urea groups is 1. The van der Waals surface area contributed by atoms with E-state index in [4.69, 9.17) is 5.26 Å². The van der Waals surface area contributed by atoms with Gasteiger partial charge in [-0.15, -0.1) is 0 Å². The molecule has 1 saturated carbocycles. The van der Waals surface area contributed by atoms with Gasteiger partial charge < -0.3 is 10.6 Å². The number of hydrogen-bond donors (Lipinski definition) is 2. The first kappa shape index (κ1) is 15.4. The first-order valence-corrected chi connectivity index (χ1v) is 7.76. The molecule has 0 heterocycles. The summed E-state index contributed by atoms with van der Waals surface area (Å²) >= 11 is 0. The number of benzene rings is 1. The van der Waals surface area contributed by atoms with E-state index in [9.17, 15) is 4.79 Å². The van der Waals surface area contributed by atoms with Crippen LogP contribution in [0.4, 0.5) is 4.79 Å². The molecule has 2 N–H and O–H groups in total. The largest absolute Gasteiger partial charge is 0.335 e. The van der Waals surface area contributed by atoms with Gasteiger partial charge in [-0.3, -0.25) is 0 Å². The minimum Gasteiger partial charge on any atom is -0.335 e. The predicted molar refractivity (Wildman–Crippen MR) is 82.7 cm³/mol. The SMILES string of the molecule is CC(NC(=O)NC1CCCCCC1)c1ccc(C#N)cc1. The molecule has 0 aromatic heterocycles. The zero-order valence-electron chi connectivity index (χ0n) is 12.6. The molecule has 2 rings (SSSR count). The average molecular weight is 285 g/mol. The van der Waals surface area contributed by atoms with Crippen LogP contribution in [0.25, 0.3) is 0 Å². The molecule has 0 aliphatic heterocycles. The van der Waals surface area contributed by atoms with Crippen molar-refractivity contribution in [3.05, 3.63) is 35.4 Å². The zero-order valence-corrected chi connectivity index (χ0v) is 12.6. The molecule has 0 saturated heterocycles. The van der Waals surface area contributed by atoms with E-state index in [0.29, 0.717) is 11.6 Å². The highest BCUT2D eigenvalue weighted by Crippen LogP contribution is 2.17. The lowest BCUT2D eigenvalue weighted by Crippen LogP contribution is -2.42. The van der Waals surface area contributed by atoms with Crippen LogP contribution in [0.2, 0.25) is 0 Å². The summed E-state index contributed by atoms with van der Waals surface area (Å²) in [7, 11) is 0. The fraction of sp³-hybridized carbons (Fsp3) is 0.529. The zero-order chi connectivity index (χ0) is 15.1. The van der Waals surface area contributed by atoms with Crippen LogP contribution in [-0.4, -0.2) is 12.1 Å². The second kappa shape index (κ2) is 7.68. The van der Waals surface area contributed by atoms with Crippen LogP contribution in [0.3, 0.4) is 0 Å². The molecule has 1 fully saturated rings. The molecule has 112 valence electrons. The third-order valence-corrected chi connectivity index (χ3v) is 4.08. The van der Waals surface area contributed by atoms with Crippen molar-refractivity contribution in [1.82, 2.24) is 10.6 Å². The number of carbonyl (C=O) groups excluding carboxylic acids is 1. The minimum atomic E-state index is -0.0984. The molecule has 0 bridgehead atoms. The van der Waals surface area contributed by atoms with Gasteiger partial charge in [-0.25, -0.2) is 4.79 Å². The van der Waals surface area contributed by atoms with Crippen LogP contribution in [0.1, 0.15) is 62.6 Å². The number of amides is 2. The molecule has 1 aromatic carbocycles. The number of nitrogens with zero attached hydrogens (tertiary/aromatic N) is 1. The van der Waals surface area contributed by atoms with Crippen molar-refractivity contribution in [1.29, 1.82) is 5.26 Å². The van der Waals surface area contributed by atoms with Gasteiger partial charge in [0, 0.05) is 6.04 Å². The Labute approximate surface area is 126 Å². The number of nitriles is 1. The van der Waals surface area contributed by atoms with E-state index >= 15 is 0 Å². The molecular weight excluding hydrogens is 262 g/mol. The Hall–Kier alpha value is -2.02. The maximum absolute atomic E-state index is 12.1.